The first-order valence-electron chi connectivity index (χ1n) is 6.14. The standard InChI is InChI=1S/C16H18ClN/c1-11-6-7-14(8-12(11)2)16(10-18)13-4-3-5-15(17)9-13/h3-9,16H,10,18H2,1-2H3. The van der Waals surface area contributed by atoms with Gasteiger partial charge in [-0.3, -0.25) is 0 Å². The first-order valence-corrected chi connectivity index (χ1v) is 6.52. The topological polar surface area (TPSA) is 26.0 Å². The van der Waals surface area contributed by atoms with E-state index in [4.69, 9.17) is 17.3 Å². The average molecular weight is 260 g/mol. The minimum atomic E-state index is 0.211. The van der Waals surface area contributed by atoms with Crippen LogP contribution in [0.2, 0.25) is 5.02 Å². The van der Waals surface area contributed by atoms with E-state index in [0.717, 1.165) is 5.02 Å². The molecule has 0 aliphatic heterocycles. The fourth-order valence-corrected chi connectivity index (χ4v) is 2.37. The number of rotatable bonds is 3. The fourth-order valence-electron chi connectivity index (χ4n) is 2.17. The van der Waals surface area contributed by atoms with Gasteiger partial charge in [0.1, 0.15) is 0 Å². The van der Waals surface area contributed by atoms with Gasteiger partial charge in [-0.25, -0.2) is 0 Å². The lowest BCUT2D eigenvalue weighted by atomic mass is 9.89. The maximum atomic E-state index is 6.05. The summed E-state index contributed by atoms with van der Waals surface area (Å²) in [5.74, 6) is 0.211. The molecule has 2 aromatic rings. The van der Waals surface area contributed by atoms with E-state index in [2.05, 4.69) is 38.1 Å². The van der Waals surface area contributed by atoms with Crippen molar-refractivity contribution < 1.29 is 0 Å². The second-order valence-electron chi connectivity index (χ2n) is 4.69. The third-order valence-electron chi connectivity index (χ3n) is 3.42. The minimum absolute atomic E-state index is 0.211. The molecule has 0 heterocycles. The van der Waals surface area contributed by atoms with Crippen molar-refractivity contribution in [3.8, 4) is 0 Å². The Balaban J connectivity index is 2.42. The van der Waals surface area contributed by atoms with Crippen LogP contribution < -0.4 is 5.73 Å². The molecule has 0 aliphatic rings. The fraction of sp³-hybridized carbons (Fsp3) is 0.250. The lowest BCUT2D eigenvalue weighted by molar-refractivity contribution is 0.817. The van der Waals surface area contributed by atoms with E-state index in [-0.39, 0.29) is 5.92 Å². The zero-order chi connectivity index (χ0) is 13.1. The highest BCUT2D eigenvalue weighted by atomic mass is 35.5. The van der Waals surface area contributed by atoms with Crippen LogP contribution in [0.3, 0.4) is 0 Å². The highest BCUT2D eigenvalue weighted by Crippen LogP contribution is 2.27. The molecule has 0 amide bonds. The molecule has 0 saturated carbocycles. The van der Waals surface area contributed by atoms with Crippen molar-refractivity contribution in [3.63, 3.8) is 0 Å². The van der Waals surface area contributed by atoms with Crippen LogP contribution in [0.5, 0.6) is 0 Å². The summed E-state index contributed by atoms with van der Waals surface area (Å²) < 4.78 is 0. The van der Waals surface area contributed by atoms with Gasteiger partial charge in [0, 0.05) is 17.5 Å². The molecule has 0 saturated heterocycles. The van der Waals surface area contributed by atoms with Gasteiger partial charge in [-0.15, -0.1) is 0 Å². The van der Waals surface area contributed by atoms with Gasteiger partial charge in [0.15, 0.2) is 0 Å². The summed E-state index contributed by atoms with van der Waals surface area (Å²) in [6, 6.07) is 14.5. The zero-order valence-electron chi connectivity index (χ0n) is 10.8. The van der Waals surface area contributed by atoms with Crippen LogP contribution in [0.15, 0.2) is 42.5 Å². The van der Waals surface area contributed by atoms with Crippen LogP contribution in [0.1, 0.15) is 28.2 Å². The van der Waals surface area contributed by atoms with E-state index in [1.165, 1.54) is 22.3 Å². The van der Waals surface area contributed by atoms with Crippen molar-refractivity contribution in [2.75, 3.05) is 6.54 Å². The number of halogens is 1. The lowest BCUT2D eigenvalue weighted by Crippen LogP contribution is -2.14. The van der Waals surface area contributed by atoms with Gasteiger partial charge < -0.3 is 5.73 Å². The molecule has 1 unspecified atom stereocenters. The van der Waals surface area contributed by atoms with E-state index in [0.29, 0.717) is 6.54 Å². The van der Waals surface area contributed by atoms with Crippen LogP contribution in [0, 0.1) is 13.8 Å². The van der Waals surface area contributed by atoms with Crippen molar-refractivity contribution in [2.45, 2.75) is 19.8 Å². The number of nitrogens with two attached hydrogens (primary N) is 1. The van der Waals surface area contributed by atoms with Crippen LogP contribution >= 0.6 is 11.6 Å². The van der Waals surface area contributed by atoms with Gasteiger partial charge in [0.2, 0.25) is 0 Å². The molecule has 0 aromatic heterocycles. The molecule has 0 aliphatic carbocycles. The van der Waals surface area contributed by atoms with E-state index < -0.39 is 0 Å². The molecule has 1 nitrogen and oxygen atoms in total. The molecule has 0 fully saturated rings. The Labute approximate surface area is 114 Å². The second kappa shape index (κ2) is 5.55. The molecule has 94 valence electrons. The quantitative estimate of drug-likeness (QED) is 0.884. The first-order chi connectivity index (χ1) is 8.61. The molecule has 2 aromatic carbocycles. The molecular weight excluding hydrogens is 242 g/mol. The van der Waals surface area contributed by atoms with Crippen molar-refractivity contribution in [1.29, 1.82) is 0 Å². The van der Waals surface area contributed by atoms with Crippen molar-refractivity contribution >= 4 is 11.6 Å². The van der Waals surface area contributed by atoms with Gasteiger partial charge in [0.25, 0.3) is 0 Å². The minimum Gasteiger partial charge on any atom is -0.330 e. The van der Waals surface area contributed by atoms with E-state index in [1.807, 2.05) is 18.2 Å². The number of benzene rings is 2. The Morgan fingerprint density at radius 3 is 2.33 bits per heavy atom. The predicted octanol–water partition coefficient (Wildman–Crippen LogP) is 4.05. The Hall–Kier alpha value is -1.31. The Morgan fingerprint density at radius 1 is 1.00 bits per heavy atom. The molecule has 1 atom stereocenters. The average Bonchev–Trinajstić information content (AvgIpc) is 2.35. The van der Waals surface area contributed by atoms with Gasteiger partial charge in [-0.1, -0.05) is 41.9 Å². The molecule has 2 rings (SSSR count). The normalized spacial score (nSPS) is 12.4. The van der Waals surface area contributed by atoms with E-state index in [9.17, 15) is 0 Å². The summed E-state index contributed by atoms with van der Waals surface area (Å²) in [5, 5.41) is 0.759. The van der Waals surface area contributed by atoms with Crippen molar-refractivity contribution in [2.24, 2.45) is 5.73 Å². The largest absolute Gasteiger partial charge is 0.330 e. The summed E-state index contributed by atoms with van der Waals surface area (Å²) in [7, 11) is 0. The summed E-state index contributed by atoms with van der Waals surface area (Å²) in [6.07, 6.45) is 0. The summed E-state index contributed by atoms with van der Waals surface area (Å²) in [4.78, 5) is 0. The van der Waals surface area contributed by atoms with Crippen LogP contribution in [-0.2, 0) is 0 Å². The molecule has 2 N–H and O–H groups in total. The third kappa shape index (κ3) is 2.74. The van der Waals surface area contributed by atoms with Crippen LogP contribution in [0.4, 0.5) is 0 Å². The molecular formula is C16H18ClN. The van der Waals surface area contributed by atoms with Crippen LogP contribution in [0.25, 0.3) is 0 Å². The van der Waals surface area contributed by atoms with E-state index >= 15 is 0 Å². The smallest absolute Gasteiger partial charge is 0.0408 e. The van der Waals surface area contributed by atoms with Crippen molar-refractivity contribution in [1.82, 2.24) is 0 Å². The SMILES string of the molecule is Cc1ccc(C(CN)c2cccc(Cl)c2)cc1C. The Bertz CT molecular complexity index is 549. The summed E-state index contributed by atoms with van der Waals surface area (Å²) in [5.41, 5.74) is 11.0. The van der Waals surface area contributed by atoms with Crippen molar-refractivity contribution in [3.05, 3.63) is 69.7 Å². The maximum Gasteiger partial charge on any atom is 0.0408 e. The number of hydrogen-bond donors (Lipinski definition) is 1. The second-order valence-corrected chi connectivity index (χ2v) is 5.12. The molecule has 0 spiro atoms. The first kappa shape index (κ1) is 13.1. The zero-order valence-corrected chi connectivity index (χ0v) is 11.5. The Morgan fingerprint density at radius 2 is 1.72 bits per heavy atom. The van der Waals surface area contributed by atoms with Gasteiger partial charge in [-0.2, -0.15) is 0 Å². The molecule has 0 bridgehead atoms. The van der Waals surface area contributed by atoms with Crippen LogP contribution in [-0.4, -0.2) is 6.54 Å². The summed E-state index contributed by atoms with van der Waals surface area (Å²) in [6.45, 7) is 4.84. The lowest BCUT2D eigenvalue weighted by Gasteiger charge is -2.17. The third-order valence-corrected chi connectivity index (χ3v) is 3.66. The predicted molar refractivity (Wildman–Crippen MR) is 78.3 cm³/mol. The van der Waals surface area contributed by atoms with Gasteiger partial charge in [0.05, 0.1) is 0 Å². The van der Waals surface area contributed by atoms with Gasteiger partial charge in [-0.05, 0) is 48.2 Å². The number of aryl methyl sites for hydroxylation is 2. The molecule has 0 radical (unpaired) electrons. The number of hydrogen-bond acceptors (Lipinski definition) is 1. The molecule has 2 heteroatoms. The monoisotopic (exact) mass is 259 g/mol. The van der Waals surface area contributed by atoms with E-state index in [1.54, 1.807) is 0 Å². The highest BCUT2D eigenvalue weighted by Gasteiger charge is 2.13. The summed E-state index contributed by atoms with van der Waals surface area (Å²) >= 11 is 6.05. The molecule has 18 heavy (non-hydrogen) atoms. The maximum absolute atomic E-state index is 6.05. The highest BCUT2D eigenvalue weighted by molar-refractivity contribution is 6.30. The Kier molecular flexibility index (Phi) is 4.05. The van der Waals surface area contributed by atoms with Gasteiger partial charge >= 0.3 is 0 Å².